The molecule has 2 fully saturated rings. The van der Waals surface area contributed by atoms with Crippen LogP contribution in [0.1, 0.15) is 39.0 Å². The van der Waals surface area contributed by atoms with Gasteiger partial charge in [-0.25, -0.2) is 4.79 Å². The van der Waals surface area contributed by atoms with Crippen LogP contribution in [-0.2, 0) is 9.53 Å². The summed E-state index contributed by atoms with van der Waals surface area (Å²) in [5, 5.41) is 4.23. The number of carbonyl (C=O) groups is 2. The molecule has 0 unspecified atom stereocenters. The molecule has 1 aliphatic heterocycles. The molecule has 2 amide bonds. The molecule has 1 aliphatic carbocycles. The van der Waals surface area contributed by atoms with Crippen molar-refractivity contribution in [2.45, 2.75) is 45.1 Å². The highest BCUT2D eigenvalue weighted by atomic mass is 35.5. The number of thiol groups is 1. The Morgan fingerprint density at radius 3 is 2.52 bits per heavy atom. The molecule has 7 nitrogen and oxygen atoms in total. The van der Waals surface area contributed by atoms with E-state index >= 15 is 0 Å². The summed E-state index contributed by atoms with van der Waals surface area (Å²) in [7, 11) is 0. The smallest absolute Gasteiger partial charge is 0.327 e. The Morgan fingerprint density at radius 2 is 1.85 bits per heavy atom. The number of hydrogen-bond acceptors (Lipinski definition) is 6. The fraction of sp³-hybridized carbons (Fsp3) is 0.652. The number of ether oxygens (including phenoxy) is 1. The summed E-state index contributed by atoms with van der Waals surface area (Å²) in [5.41, 5.74) is 1.02. The Balaban J connectivity index is 1.32. The molecule has 0 spiro atoms. The van der Waals surface area contributed by atoms with Gasteiger partial charge < -0.3 is 15.0 Å². The van der Waals surface area contributed by atoms with Crippen molar-refractivity contribution in [3.8, 4) is 0 Å². The maximum absolute atomic E-state index is 12.2. The van der Waals surface area contributed by atoms with Crippen LogP contribution < -0.4 is 10.2 Å². The Bertz CT molecular complexity index is 800. The molecule has 1 aromatic carbocycles. The summed E-state index contributed by atoms with van der Waals surface area (Å²) in [6.07, 6.45) is 5.30. The second-order valence-corrected chi connectivity index (χ2v) is 9.99. The van der Waals surface area contributed by atoms with Crippen LogP contribution in [0.5, 0.6) is 0 Å². The Morgan fingerprint density at radius 1 is 1.15 bits per heavy atom. The number of benzene rings is 1. The van der Waals surface area contributed by atoms with Gasteiger partial charge in [0.15, 0.2) is 0 Å². The van der Waals surface area contributed by atoms with Gasteiger partial charge in [-0.05, 0) is 63.6 Å². The molecular formula is C23H34Cl2N4O3S. The van der Waals surface area contributed by atoms with Crippen molar-refractivity contribution in [2.75, 3.05) is 50.8 Å². The van der Waals surface area contributed by atoms with Crippen LogP contribution in [0.4, 0.5) is 10.5 Å². The lowest BCUT2D eigenvalue weighted by Crippen LogP contribution is -2.47. The van der Waals surface area contributed by atoms with E-state index < -0.39 is 5.97 Å². The van der Waals surface area contributed by atoms with Gasteiger partial charge in [0.1, 0.15) is 6.54 Å². The second kappa shape index (κ2) is 12.9. The molecule has 33 heavy (non-hydrogen) atoms. The molecule has 1 heterocycles. The number of rotatable bonds is 8. The predicted octanol–water partition coefficient (Wildman–Crippen LogP) is 4.48. The number of anilines is 1. The van der Waals surface area contributed by atoms with Crippen molar-refractivity contribution in [3.63, 3.8) is 0 Å². The SMILES string of the molecule is CCOC(=O)CN(S)C(=O)NC1CCC(CCN2CCN(c3cccc(Cl)c3Cl)CC2)CC1. The quantitative estimate of drug-likeness (QED) is 0.393. The number of esters is 1. The maximum atomic E-state index is 12.2. The highest BCUT2D eigenvalue weighted by Gasteiger charge is 2.26. The van der Waals surface area contributed by atoms with Crippen molar-refractivity contribution in [1.82, 2.24) is 14.5 Å². The number of carbonyl (C=O) groups excluding carboxylic acids is 2. The molecule has 0 radical (unpaired) electrons. The molecule has 1 saturated carbocycles. The molecule has 0 atom stereocenters. The zero-order chi connectivity index (χ0) is 23.8. The molecule has 0 aromatic heterocycles. The van der Waals surface area contributed by atoms with Crippen LogP contribution in [-0.4, -0.2) is 73.1 Å². The minimum Gasteiger partial charge on any atom is -0.465 e. The summed E-state index contributed by atoms with van der Waals surface area (Å²) in [5.74, 6) is 0.230. The third-order valence-corrected chi connectivity index (χ3v) is 7.62. The van der Waals surface area contributed by atoms with Gasteiger partial charge >= 0.3 is 12.0 Å². The van der Waals surface area contributed by atoms with E-state index in [2.05, 4.69) is 27.9 Å². The van der Waals surface area contributed by atoms with Crippen molar-refractivity contribution >= 4 is 53.7 Å². The topological polar surface area (TPSA) is 65.1 Å². The monoisotopic (exact) mass is 516 g/mol. The van der Waals surface area contributed by atoms with Crippen LogP contribution >= 0.6 is 36.0 Å². The van der Waals surface area contributed by atoms with Crippen LogP contribution in [0.15, 0.2) is 18.2 Å². The normalized spacial score (nSPS) is 21.5. The average Bonchev–Trinajstić information content (AvgIpc) is 2.81. The molecule has 1 aromatic rings. The predicted molar refractivity (Wildman–Crippen MR) is 136 cm³/mol. The van der Waals surface area contributed by atoms with Gasteiger partial charge in [0, 0.05) is 32.2 Å². The summed E-state index contributed by atoms with van der Waals surface area (Å²) < 4.78 is 5.94. The number of amides is 2. The van der Waals surface area contributed by atoms with E-state index in [1.165, 1.54) is 6.42 Å². The minimum absolute atomic E-state index is 0.136. The Hall–Kier alpha value is -1.35. The lowest BCUT2D eigenvalue weighted by Gasteiger charge is -2.37. The van der Waals surface area contributed by atoms with Gasteiger partial charge in [0.25, 0.3) is 0 Å². The van der Waals surface area contributed by atoms with E-state index in [1.807, 2.05) is 18.2 Å². The van der Waals surface area contributed by atoms with Crippen LogP contribution in [0.2, 0.25) is 10.0 Å². The third-order valence-electron chi connectivity index (χ3n) is 6.49. The first-order chi connectivity index (χ1) is 15.9. The molecule has 0 bridgehead atoms. The third kappa shape index (κ3) is 7.84. The summed E-state index contributed by atoms with van der Waals surface area (Å²) in [6.45, 7) is 6.90. The second-order valence-electron chi connectivity index (χ2n) is 8.72. The molecule has 10 heteroatoms. The van der Waals surface area contributed by atoms with E-state index in [0.29, 0.717) is 16.0 Å². The van der Waals surface area contributed by atoms with Crippen molar-refractivity contribution < 1.29 is 14.3 Å². The Labute approximate surface area is 212 Å². The van der Waals surface area contributed by atoms with Gasteiger partial charge in [-0.1, -0.05) is 42.1 Å². The highest BCUT2D eigenvalue weighted by molar-refractivity contribution is 7.78. The number of nitrogens with one attached hydrogen (secondary N) is 1. The van der Waals surface area contributed by atoms with Crippen LogP contribution in [0, 0.1) is 5.92 Å². The largest absolute Gasteiger partial charge is 0.465 e. The first-order valence-corrected chi connectivity index (χ1v) is 12.9. The zero-order valence-electron chi connectivity index (χ0n) is 19.1. The molecule has 184 valence electrons. The van der Waals surface area contributed by atoms with Crippen molar-refractivity contribution in [2.24, 2.45) is 5.92 Å². The van der Waals surface area contributed by atoms with E-state index in [-0.39, 0.29) is 25.2 Å². The lowest BCUT2D eigenvalue weighted by molar-refractivity contribution is -0.142. The van der Waals surface area contributed by atoms with E-state index in [9.17, 15) is 9.59 Å². The first-order valence-electron chi connectivity index (χ1n) is 11.7. The zero-order valence-corrected chi connectivity index (χ0v) is 21.5. The lowest BCUT2D eigenvalue weighted by atomic mass is 9.84. The summed E-state index contributed by atoms with van der Waals surface area (Å²) >= 11 is 16.6. The van der Waals surface area contributed by atoms with Gasteiger partial charge in [-0.2, -0.15) is 0 Å². The fourth-order valence-electron chi connectivity index (χ4n) is 4.56. The molecule has 1 saturated heterocycles. The molecule has 1 N–H and O–H groups in total. The molecular weight excluding hydrogens is 483 g/mol. The van der Waals surface area contributed by atoms with Crippen LogP contribution in [0.25, 0.3) is 0 Å². The standard InChI is InChI=1S/C23H34Cl2N4O3S/c1-2-32-21(30)16-29(33)23(31)26-18-8-6-17(7-9-18)10-11-27-12-14-28(15-13-27)20-5-3-4-19(24)22(20)25/h3-5,17-18,33H,2,6-16H2,1H3,(H,26,31). The maximum Gasteiger partial charge on any atom is 0.327 e. The summed E-state index contributed by atoms with van der Waals surface area (Å²) in [6, 6.07) is 5.60. The first kappa shape index (κ1) is 26.3. The molecule has 2 aliphatic rings. The average molecular weight is 518 g/mol. The number of halogens is 2. The van der Waals surface area contributed by atoms with Gasteiger partial charge in [-0.3, -0.25) is 14.0 Å². The number of urea groups is 1. The van der Waals surface area contributed by atoms with Crippen molar-refractivity contribution in [3.05, 3.63) is 28.2 Å². The van der Waals surface area contributed by atoms with E-state index in [1.54, 1.807) is 6.92 Å². The number of hydrogen-bond donors (Lipinski definition) is 2. The fourth-order valence-corrected chi connectivity index (χ4v) is 5.15. The molecule has 3 rings (SSSR count). The highest BCUT2D eigenvalue weighted by Crippen LogP contribution is 2.33. The van der Waals surface area contributed by atoms with Gasteiger partial charge in [0.05, 0.1) is 22.3 Å². The van der Waals surface area contributed by atoms with Gasteiger partial charge in [-0.15, -0.1) is 0 Å². The van der Waals surface area contributed by atoms with E-state index in [4.69, 9.17) is 27.9 Å². The van der Waals surface area contributed by atoms with Crippen LogP contribution in [0.3, 0.4) is 0 Å². The Kier molecular flexibility index (Phi) is 10.3. The summed E-state index contributed by atoms with van der Waals surface area (Å²) in [4.78, 5) is 28.6. The minimum atomic E-state index is -0.456. The number of piperazine rings is 1. The van der Waals surface area contributed by atoms with Gasteiger partial charge in [0.2, 0.25) is 0 Å². The van der Waals surface area contributed by atoms with Crippen molar-refractivity contribution in [1.29, 1.82) is 0 Å². The van der Waals surface area contributed by atoms with E-state index in [0.717, 1.165) is 68.4 Å². The number of nitrogens with zero attached hydrogens (tertiary/aromatic N) is 3.